The molecule has 0 saturated carbocycles. The summed E-state index contributed by atoms with van der Waals surface area (Å²) in [5, 5.41) is 0. The molecule has 106 valence electrons. The predicted octanol–water partition coefficient (Wildman–Crippen LogP) is 4.30. The van der Waals surface area contributed by atoms with Crippen LogP contribution in [-0.2, 0) is 17.8 Å². The molecule has 0 radical (unpaired) electrons. The van der Waals surface area contributed by atoms with Gasteiger partial charge in [-0.3, -0.25) is 0 Å². The second kappa shape index (κ2) is 7.31. The van der Waals surface area contributed by atoms with Gasteiger partial charge in [-0.15, -0.1) is 0 Å². The Bertz CT molecular complexity index is 605. The standard InChI is InChI=1S/C16H20N2OS/c1-3-5-12-6-8-13(9-7-12)14-10-16(20)18-15(17-14)11-19-4-2/h6-10H,3-5,11H2,1-2H3,(H,17,18,20). The first-order valence-corrected chi connectivity index (χ1v) is 7.41. The summed E-state index contributed by atoms with van der Waals surface area (Å²) in [6.07, 6.45) is 2.28. The van der Waals surface area contributed by atoms with Gasteiger partial charge >= 0.3 is 0 Å². The van der Waals surface area contributed by atoms with E-state index in [1.54, 1.807) is 0 Å². The molecule has 0 saturated heterocycles. The van der Waals surface area contributed by atoms with Gasteiger partial charge in [0, 0.05) is 12.3 Å². The van der Waals surface area contributed by atoms with Crippen molar-refractivity contribution in [3.8, 4) is 11.3 Å². The molecule has 0 spiro atoms. The number of nitrogens with one attached hydrogen (secondary N) is 1. The lowest BCUT2D eigenvalue weighted by molar-refractivity contribution is 0.128. The number of benzene rings is 1. The Hall–Kier alpha value is -1.52. The summed E-state index contributed by atoms with van der Waals surface area (Å²) in [7, 11) is 0. The number of ether oxygens (including phenoxy) is 1. The molecule has 0 atom stereocenters. The van der Waals surface area contributed by atoms with Gasteiger partial charge in [-0.05, 0) is 30.5 Å². The Labute approximate surface area is 125 Å². The Morgan fingerprint density at radius 1 is 1.20 bits per heavy atom. The van der Waals surface area contributed by atoms with E-state index < -0.39 is 0 Å². The van der Waals surface area contributed by atoms with Crippen LogP contribution in [0.25, 0.3) is 11.3 Å². The third kappa shape index (κ3) is 3.99. The molecular weight excluding hydrogens is 268 g/mol. The SMILES string of the molecule is CCCc1ccc(-c2cc(=S)nc(COCC)[nH]2)cc1. The van der Waals surface area contributed by atoms with Crippen LogP contribution in [0.5, 0.6) is 0 Å². The summed E-state index contributed by atoms with van der Waals surface area (Å²) >= 11 is 5.22. The molecule has 1 aromatic carbocycles. The minimum Gasteiger partial charge on any atom is -0.374 e. The fourth-order valence-electron chi connectivity index (χ4n) is 2.07. The van der Waals surface area contributed by atoms with Gasteiger partial charge in [0.05, 0.1) is 0 Å². The minimum atomic E-state index is 0.460. The van der Waals surface area contributed by atoms with E-state index in [0.29, 0.717) is 17.9 Å². The van der Waals surface area contributed by atoms with Crippen molar-refractivity contribution in [3.05, 3.63) is 46.4 Å². The number of hydrogen-bond donors (Lipinski definition) is 1. The molecule has 1 heterocycles. The highest BCUT2D eigenvalue weighted by molar-refractivity contribution is 7.71. The van der Waals surface area contributed by atoms with Crippen LogP contribution in [0.4, 0.5) is 0 Å². The van der Waals surface area contributed by atoms with Crippen molar-refractivity contribution >= 4 is 12.2 Å². The van der Waals surface area contributed by atoms with Crippen LogP contribution in [0.1, 0.15) is 31.7 Å². The Balaban J connectivity index is 2.27. The van der Waals surface area contributed by atoms with Crippen LogP contribution in [0.2, 0.25) is 0 Å². The lowest BCUT2D eigenvalue weighted by Crippen LogP contribution is -2.00. The van der Waals surface area contributed by atoms with Crippen LogP contribution < -0.4 is 0 Å². The lowest BCUT2D eigenvalue weighted by Gasteiger charge is -2.07. The first-order chi connectivity index (χ1) is 9.72. The molecule has 2 aromatic rings. The number of aromatic nitrogens is 2. The predicted molar refractivity (Wildman–Crippen MR) is 84.2 cm³/mol. The van der Waals surface area contributed by atoms with Gasteiger partial charge in [-0.2, -0.15) is 0 Å². The quantitative estimate of drug-likeness (QED) is 0.806. The number of aryl methyl sites for hydroxylation is 1. The first-order valence-electron chi connectivity index (χ1n) is 7.00. The number of hydrogen-bond acceptors (Lipinski definition) is 3. The fraction of sp³-hybridized carbons (Fsp3) is 0.375. The Morgan fingerprint density at radius 2 is 1.95 bits per heavy atom. The van der Waals surface area contributed by atoms with Crippen molar-refractivity contribution < 1.29 is 4.74 Å². The van der Waals surface area contributed by atoms with E-state index in [1.165, 1.54) is 5.56 Å². The first kappa shape index (κ1) is 14.9. The third-order valence-electron chi connectivity index (χ3n) is 3.04. The summed E-state index contributed by atoms with van der Waals surface area (Å²) in [6.45, 7) is 5.28. The number of H-pyrrole nitrogens is 1. The van der Waals surface area contributed by atoms with Gasteiger partial charge in [0.2, 0.25) is 0 Å². The highest BCUT2D eigenvalue weighted by Gasteiger charge is 2.02. The molecule has 0 bridgehead atoms. The zero-order valence-corrected chi connectivity index (χ0v) is 12.8. The number of nitrogens with zero attached hydrogens (tertiary/aromatic N) is 1. The zero-order chi connectivity index (χ0) is 14.4. The van der Waals surface area contributed by atoms with Gasteiger partial charge < -0.3 is 9.72 Å². The van der Waals surface area contributed by atoms with Crippen molar-refractivity contribution in [1.29, 1.82) is 0 Å². The summed E-state index contributed by atoms with van der Waals surface area (Å²) in [6, 6.07) is 10.5. The van der Waals surface area contributed by atoms with E-state index in [0.717, 1.165) is 29.9 Å². The van der Waals surface area contributed by atoms with Crippen LogP contribution in [0, 0.1) is 4.64 Å². The molecule has 0 fully saturated rings. The topological polar surface area (TPSA) is 37.9 Å². The smallest absolute Gasteiger partial charge is 0.134 e. The summed E-state index contributed by atoms with van der Waals surface area (Å²) in [5.74, 6) is 0.770. The maximum atomic E-state index is 5.38. The normalized spacial score (nSPS) is 10.7. The summed E-state index contributed by atoms with van der Waals surface area (Å²) in [4.78, 5) is 7.56. The average molecular weight is 288 g/mol. The van der Waals surface area contributed by atoms with E-state index in [-0.39, 0.29) is 0 Å². The minimum absolute atomic E-state index is 0.460. The summed E-state index contributed by atoms with van der Waals surface area (Å²) < 4.78 is 5.97. The van der Waals surface area contributed by atoms with E-state index in [2.05, 4.69) is 41.2 Å². The van der Waals surface area contributed by atoms with Crippen LogP contribution in [0.15, 0.2) is 30.3 Å². The molecule has 0 aliphatic heterocycles. The van der Waals surface area contributed by atoms with Gasteiger partial charge in [0.25, 0.3) is 0 Å². The van der Waals surface area contributed by atoms with Crippen LogP contribution in [0.3, 0.4) is 0 Å². The molecule has 4 heteroatoms. The molecule has 1 N–H and O–H groups in total. The molecular formula is C16H20N2OS. The monoisotopic (exact) mass is 288 g/mol. The third-order valence-corrected chi connectivity index (χ3v) is 3.25. The van der Waals surface area contributed by atoms with Crippen molar-refractivity contribution in [2.45, 2.75) is 33.3 Å². The average Bonchev–Trinajstić information content (AvgIpc) is 2.46. The number of aromatic amines is 1. The van der Waals surface area contributed by atoms with Gasteiger partial charge in [0.15, 0.2) is 0 Å². The van der Waals surface area contributed by atoms with E-state index in [1.807, 2.05) is 13.0 Å². The summed E-state index contributed by atoms with van der Waals surface area (Å²) in [5.41, 5.74) is 3.47. The molecule has 0 unspecified atom stereocenters. The molecule has 1 aromatic heterocycles. The fourth-order valence-corrected chi connectivity index (χ4v) is 2.30. The lowest BCUT2D eigenvalue weighted by atomic mass is 10.1. The van der Waals surface area contributed by atoms with Crippen molar-refractivity contribution in [3.63, 3.8) is 0 Å². The maximum absolute atomic E-state index is 5.38. The second-order valence-electron chi connectivity index (χ2n) is 4.66. The second-order valence-corrected chi connectivity index (χ2v) is 5.08. The molecule has 2 rings (SSSR count). The van der Waals surface area contributed by atoms with Crippen LogP contribution in [-0.4, -0.2) is 16.6 Å². The van der Waals surface area contributed by atoms with Crippen LogP contribution >= 0.6 is 12.2 Å². The molecule has 20 heavy (non-hydrogen) atoms. The molecule has 0 aliphatic rings. The van der Waals surface area contributed by atoms with E-state index in [4.69, 9.17) is 17.0 Å². The highest BCUT2D eigenvalue weighted by Crippen LogP contribution is 2.18. The van der Waals surface area contributed by atoms with Crippen molar-refractivity contribution in [1.82, 2.24) is 9.97 Å². The van der Waals surface area contributed by atoms with Gasteiger partial charge in [-0.25, -0.2) is 4.98 Å². The molecule has 0 amide bonds. The van der Waals surface area contributed by atoms with Gasteiger partial charge in [-0.1, -0.05) is 49.8 Å². The Kier molecular flexibility index (Phi) is 5.44. The zero-order valence-electron chi connectivity index (χ0n) is 12.0. The van der Waals surface area contributed by atoms with Crippen molar-refractivity contribution in [2.75, 3.05) is 6.61 Å². The van der Waals surface area contributed by atoms with Gasteiger partial charge in [0.1, 0.15) is 17.1 Å². The molecule has 3 nitrogen and oxygen atoms in total. The molecule has 0 aliphatic carbocycles. The number of rotatable bonds is 6. The highest BCUT2D eigenvalue weighted by atomic mass is 32.1. The maximum Gasteiger partial charge on any atom is 0.134 e. The Morgan fingerprint density at radius 3 is 2.60 bits per heavy atom. The van der Waals surface area contributed by atoms with E-state index in [9.17, 15) is 0 Å². The van der Waals surface area contributed by atoms with Crippen molar-refractivity contribution in [2.24, 2.45) is 0 Å². The largest absolute Gasteiger partial charge is 0.374 e. The van der Waals surface area contributed by atoms with E-state index >= 15 is 0 Å².